The quantitative estimate of drug-likeness (QED) is 0.277. The summed E-state index contributed by atoms with van der Waals surface area (Å²) in [5.74, 6) is 0.853. The Balaban J connectivity index is 1.59. The fourth-order valence-corrected chi connectivity index (χ4v) is 6.34. The first kappa shape index (κ1) is 33.2. The van der Waals surface area contributed by atoms with E-state index in [0.717, 1.165) is 47.7 Å². The van der Waals surface area contributed by atoms with Crippen molar-refractivity contribution in [1.82, 2.24) is 9.47 Å². The molecule has 2 aromatic carbocycles. The number of sulfonamides is 1. The molecule has 0 bridgehead atoms. The van der Waals surface area contributed by atoms with Crippen molar-refractivity contribution in [3.63, 3.8) is 0 Å². The van der Waals surface area contributed by atoms with E-state index in [1.165, 1.54) is 12.7 Å². The summed E-state index contributed by atoms with van der Waals surface area (Å²) in [4.78, 5) is 14.3. The minimum absolute atomic E-state index is 0.236. The Morgan fingerprint density at radius 1 is 1.05 bits per heavy atom. The minimum Gasteiger partial charge on any atom is -0.492 e. The highest BCUT2D eigenvalue weighted by Crippen LogP contribution is 2.41. The third-order valence-corrected chi connectivity index (χ3v) is 8.55. The number of methoxy groups -OCH3 is 1. The molecule has 10 heteroatoms. The van der Waals surface area contributed by atoms with Crippen molar-refractivity contribution >= 4 is 44.1 Å². The molecule has 1 aliphatic rings. The van der Waals surface area contributed by atoms with Crippen molar-refractivity contribution in [3.05, 3.63) is 59.8 Å². The normalized spacial score (nSPS) is 14.9. The van der Waals surface area contributed by atoms with Crippen LogP contribution in [0.5, 0.6) is 5.75 Å². The van der Waals surface area contributed by atoms with E-state index in [0.29, 0.717) is 41.8 Å². The first-order valence-corrected chi connectivity index (χ1v) is 17.0. The van der Waals surface area contributed by atoms with Crippen molar-refractivity contribution in [1.29, 1.82) is 0 Å². The molecular formula is C34H48N4O5S. The lowest BCUT2D eigenvalue weighted by atomic mass is 9.86. The third-order valence-electron chi connectivity index (χ3n) is 7.96. The Hall–Kier alpha value is -3.66. The van der Waals surface area contributed by atoms with Gasteiger partial charge in [0.15, 0.2) is 5.75 Å². The van der Waals surface area contributed by atoms with Gasteiger partial charge in [0.25, 0.3) is 0 Å². The van der Waals surface area contributed by atoms with Gasteiger partial charge in [0.1, 0.15) is 5.60 Å². The monoisotopic (exact) mass is 624 g/mol. The molecule has 3 aromatic rings. The summed E-state index contributed by atoms with van der Waals surface area (Å²) in [6.45, 7) is 17.7. The second-order valence-electron chi connectivity index (χ2n) is 13.9. The minimum atomic E-state index is -3.54. The number of nitrogens with one attached hydrogen (secondary N) is 2. The zero-order valence-corrected chi connectivity index (χ0v) is 28.4. The molecule has 0 radical (unpaired) electrons. The number of rotatable bonds is 8. The Kier molecular flexibility index (Phi) is 9.35. The fourth-order valence-electron chi connectivity index (χ4n) is 5.79. The molecule has 2 heterocycles. The molecule has 240 valence electrons. The summed E-state index contributed by atoms with van der Waals surface area (Å²) in [5, 5.41) is 4.54. The van der Waals surface area contributed by atoms with Crippen LogP contribution in [-0.4, -0.2) is 56.0 Å². The van der Waals surface area contributed by atoms with E-state index >= 15 is 0 Å². The Morgan fingerprint density at radius 2 is 1.68 bits per heavy atom. The predicted molar refractivity (Wildman–Crippen MR) is 180 cm³/mol. The zero-order valence-electron chi connectivity index (χ0n) is 27.6. The summed E-state index contributed by atoms with van der Waals surface area (Å²) in [6, 6.07) is 12.3. The van der Waals surface area contributed by atoms with Gasteiger partial charge < -0.3 is 24.3 Å². The van der Waals surface area contributed by atoms with Gasteiger partial charge in [-0.25, -0.2) is 13.2 Å². The number of amides is 1. The van der Waals surface area contributed by atoms with Gasteiger partial charge in [-0.05, 0) is 80.7 Å². The van der Waals surface area contributed by atoms with Gasteiger partial charge in [0, 0.05) is 25.5 Å². The van der Waals surface area contributed by atoms with Gasteiger partial charge in [-0.1, -0.05) is 45.5 Å². The maximum atomic E-state index is 12.5. The molecule has 4 rings (SSSR count). The van der Waals surface area contributed by atoms with Crippen LogP contribution in [0.3, 0.4) is 0 Å². The number of aryl methyl sites for hydroxylation is 1. The van der Waals surface area contributed by atoms with Crippen LogP contribution < -0.4 is 14.8 Å². The van der Waals surface area contributed by atoms with Crippen LogP contribution in [0.4, 0.5) is 16.2 Å². The molecule has 1 amide bonds. The molecule has 1 fully saturated rings. The Bertz CT molecular complexity index is 1650. The third kappa shape index (κ3) is 7.88. The number of likely N-dealkylation sites (tertiary alicyclic amines) is 1. The Labute approximate surface area is 262 Å². The van der Waals surface area contributed by atoms with E-state index in [1.54, 1.807) is 0 Å². The topological polar surface area (TPSA) is 102 Å². The number of benzene rings is 2. The van der Waals surface area contributed by atoms with Gasteiger partial charge in [0.05, 0.1) is 41.6 Å². The van der Waals surface area contributed by atoms with Crippen molar-refractivity contribution < 1.29 is 22.7 Å². The van der Waals surface area contributed by atoms with Crippen molar-refractivity contribution in [2.24, 2.45) is 13.0 Å². The smallest absolute Gasteiger partial charge is 0.410 e. The number of aromatic nitrogens is 1. The second-order valence-corrected chi connectivity index (χ2v) is 15.6. The van der Waals surface area contributed by atoms with Gasteiger partial charge in [-0.15, -0.1) is 0 Å². The number of anilines is 2. The largest absolute Gasteiger partial charge is 0.492 e. The number of nitrogens with zero attached hydrogens (tertiary/aromatic N) is 2. The number of fused-ring (bicyclic) bond motifs is 1. The maximum Gasteiger partial charge on any atom is 0.410 e. The second kappa shape index (κ2) is 12.4. The summed E-state index contributed by atoms with van der Waals surface area (Å²) in [5.41, 5.74) is 5.17. The van der Waals surface area contributed by atoms with Crippen LogP contribution >= 0.6 is 0 Å². The highest BCUT2D eigenvalue weighted by molar-refractivity contribution is 7.92. The molecule has 0 aliphatic carbocycles. The van der Waals surface area contributed by atoms with E-state index in [1.807, 2.05) is 44.9 Å². The molecule has 0 saturated carbocycles. The summed E-state index contributed by atoms with van der Waals surface area (Å²) >= 11 is 0. The highest BCUT2D eigenvalue weighted by Gasteiger charge is 2.28. The number of hydrogen-bond donors (Lipinski definition) is 2. The molecule has 0 unspecified atom stereocenters. The van der Waals surface area contributed by atoms with Crippen LogP contribution in [-0.2, 0) is 33.6 Å². The number of hydrogen-bond acceptors (Lipinski definition) is 6. The van der Waals surface area contributed by atoms with Crippen LogP contribution in [0.15, 0.2) is 43.0 Å². The first-order valence-electron chi connectivity index (χ1n) is 15.1. The van der Waals surface area contributed by atoms with E-state index in [9.17, 15) is 13.2 Å². The van der Waals surface area contributed by atoms with E-state index < -0.39 is 15.6 Å². The molecule has 1 aliphatic heterocycles. The molecule has 0 atom stereocenters. The van der Waals surface area contributed by atoms with Gasteiger partial charge in [0.2, 0.25) is 10.0 Å². The first-order chi connectivity index (χ1) is 20.4. The average molecular weight is 625 g/mol. The van der Waals surface area contributed by atoms with Gasteiger partial charge in [-0.2, -0.15) is 0 Å². The summed E-state index contributed by atoms with van der Waals surface area (Å²) in [6.07, 6.45) is 3.66. The van der Waals surface area contributed by atoms with Crippen LogP contribution in [0, 0.1) is 5.92 Å². The maximum absolute atomic E-state index is 12.5. The lowest BCUT2D eigenvalue weighted by Crippen LogP contribution is -2.42. The molecule has 44 heavy (non-hydrogen) atoms. The van der Waals surface area contributed by atoms with E-state index in [4.69, 9.17) is 9.47 Å². The summed E-state index contributed by atoms with van der Waals surface area (Å²) < 4.78 is 40.4. The highest BCUT2D eigenvalue weighted by atomic mass is 32.2. The predicted octanol–water partition coefficient (Wildman–Crippen LogP) is 7.13. The molecule has 0 spiro atoms. The zero-order chi connectivity index (χ0) is 32.6. The average Bonchev–Trinajstić information content (AvgIpc) is 3.24. The molecule has 9 nitrogen and oxygen atoms in total. The fraction of sp³-hybridized carbons (Fsp3) is 0.500. The van der Waals surface area contributed by atoms with Gasteiger partial charge >= 0.3 is 6.09 Å². The van der Waals surface area contributed by atoms with Crippen LogP contribution in [0.1, 0.15) is 71.2 Å². The van der Waals surface area contributed by atoms with Crippen molar-refractivity contribution in [2.45, 2.75) is 71.8 Å². The number of piperidine rings is 1. The Morgan fingerprint density at radius 3 is 2.25 bits per heavy atom. The van der Waals surface area contributed by atoms with E-state index in [2.05, 4.69) is 66.2 Å². The van der Waals surface area contributed by atoms with Gasteiger partial charge in [-0.3, -0.25) is 4.72 Å². The molecule has 1 aromatic heterocycles. The van der Waals surface area contributed by atoms with Crippen LogP contribution in [0.25, 0.3) is 16.6 Å². The number of carbonyl (C=O) groups excluding carboxylic acids is 1. The molecular weight excluding hydrogens is 576 g/mol. The number of ether oxygens (including phenoxy) is 2. The number of carbonyl (C=O) groups is 1. The standard InChI is InChI=1S/C34H48N4O5S/c1-22(35-27-20-26(33(2,3)4)21-28(31(27)42-9)36-44(10,40)41)29-19-25-13-11-12-24(30(25)37(29)8)18-23-14-16-38(17-15-23)32(39)43-34(5,6)7/h11-13,19-21,23,35-36H,1,14-18H2,2-10H3. The SMILES string of the molecule is C=C(Nc1cc(C(C)(C)C)cc(NS(C)(=O)=O)c1OC)c1cc2cccc(CC3CCN(C(=O)OC(C)(C)C)CC3)c2n1C. The van der Waals surface area contributed by atoms with Crippen molar-refractivity contribution in [2.75, 3.05) is 36.5 Å². The molecule has 2 N–H and O–H groups in total. The summed E-state index contributed by atoms with van der Waals surface area (Å²) in [7, 11) is 0.0274. The number of para-hydroxylation sites is 1. The van der Waals surface area contributed by atoms with Crippen LogP contribution in [0.2, 0.25) is 0 Å². The molecule has 1 saturated heterocycles. The van der Waals surface area contributed by atoms with Crippen molar-refractivity contribution in [3.8, 4) is 5.75 Å². The lowest BCUT2D eigenvalue weighted by Gasteiger charge is -2.33. The van der Waals surface area contributed by atoms with E-state index in [-0.39, 0.29) is 11.5 Å². The lowest BCUT2D eigenvalue weighted by molar-refractivity contribution is 0.0184.